The van der Waals surface area contributed by atoms with E-state index in [0.717, 1.165) is 45.4 Å². The van der Waals surface area contributed by atoms with Crippen molar-refractivity contribution in [3.05, 3.63) is 72.3 Å². The molecule has 5 nitrogen and oxygen atoms in total. The maximum Gasteiger partial charge on any atom is 0.303 e. The first kappa shape index (κ1) is 26.6. The standard InChI is InChI=1S/C31H41NO4/c33-30(34)14-6-2-9-23-36-31-28(32-21-7-3-8-22-32)19-20-29(31)35-24-10-11-25-15-17-27(18-16-25)26-12-4-1-5-13-26/h1-2,4-5,9,12-13,15-18,28-29,31H,3,6-8,10-11,14,19-24H2,(H,33,34)/b9-2-/t28-,29-,31+/m0/s1. The van der Waals surface area contributed by atoms with E-state index in [4.69, 9.17) is 14.6 Å². The highest BCUT2D eigenvalue weighted by molar-refractivity contribution is 5.66. The lowest BCUT2D eigenvalue weighted by molar-refractivity contribution is -0.136. The van der Waals surface area contributed by atoms with Crippen molar-refractivity contribution in [2.24, 2.45) is 0 Å². The van der Waals surface area contributed by atoms with Gasteiger partial charge in [-0.3, -0.25) is 9.69 Å². The van der Waals surface area contributed by atoms with Gasteiger partial charge in [0, 0.05) is 19.1 Å². The van der Waals surface area contributed by atoms with Crippen molar-refractivity contribution in [3.8, 4) is 11.1 Å². The van der Waals surface area contributed by atoms with Crippen molar-refractivity contribution >= 4 is 5.97 Å². The molecule has 0 amide bonds. The Morgan fingerprint density at radius 1 is 0.917 bits per heavy atom. The Morgan fingerprint density at radius 3 is 2.42 bits per heavy atom. The summed E-state index contributed by atoms with van der Waals surface area (Å²) in [6.07, 6.45) is 12.8. The smallest absolute Gasteiger partial charge is 0.303 e. The number of nitrogens with zero attached hydrogens (tertiary/aromatic N) is 1. The molecule has 1 aliphatic carbocycles. The number of piperidine rings is 1. The maximum atomic E-state index is 10.7. The average Bonchev–Trinajstić information content (AvgIpc) is 3.32. The first-order valence-electron chi connectivity index (χ1n) is 13.7. The summed E-state index contributed by atoms with van der Waals surface area (Å²) in [6.45, 7) is 3.57. The second kappa shape index (κ2) is 14.3. The van der Waals surface area contributed by atoms with Gasteiger partial charge >= 0.3 is 5.97 Å². The molecule has 2 fully saturated rings. The van der Waals surface area contributed by atoms with Crippen molar-refractivity contribution in [1.29, 1.82) is 0 Å². The lowest BCUT2D eigenvalue weighted by Gasteiger charge is -2.36. The molecule has 1 saturated heterocycles. The SMILES string of the molecule is O=C(O)CC/C=C\CO[C@H]1[C@@H](OCCCc2ccc(-c3ccccc3)cc2)CC[C@@H]1N1CCCCC1. The number of hydrogen-bond acceptors (Lipinski definition) is 4. The number of carboxylic acid groups (broad SMARTS) is 1. The average molecular weight is 492 g/mol. The van der Waals surface area contributed by atoms with Crippen LogP contribution < -0.4 is 0 Å². The zero-order chi connectivity index (χ0) is 25.0. The molecule has 0 bridgehead atoms. The largest absolute Gasteiger partial charge is 0.481 e. The third kappa shape index (κ3) is 8.02. The second-order valence-electron chi connectivity index (χ2n) is 10.0. The number of carboxylic acids is 1. The molecule has 4 rings (SSSR count). The van der Waals surface area contributed by atoms with Gasteiger partial charge in [-0.2, -0.15) is 0 Å². The van der Waals surface area contributed by atoms with E-state index in [0.29, 0.717) is 19.1 Å². The summed E-state index contributed by atoms with van der Waals surface area (Å²) in [5, 5.41) is 8.80. The van der Waals surface area contributed by atoms with E-state index in [2.05, 4.69) is 53.4 Å². The van der Waals surface area contributed by atoms with E-state index in [1.54, 1.807) is 0 Å². The van der Waals surface area contributed by atoms with Crippen LogP contribution in [0.25, 0.3) is 11.1 Å². The van der Waals surface area contributed by atoms with Crippen molar-refractivity contribution in [1.82, 2.24) is 4.90 Å². The number of benzene rings is 2. The fraction of sp³-hybridized carbons (Fsp3) is 0.516. The Balaban J connectivity index is 1.25. The first-order chi connectivity index (χ1) is 17.7. The Kier molecular flexibility index (Phi) is 10.6. The van der Waals surface area contributed by atoms with Crippen LogP contribution in [0.2, 0.25) is 0 Å². The van der Waals surface area contributed by atoms with Gasteiger partial charge in [-0.05, 0) is 74.7 Å². The molecule has 2 aliphatic rings. The fourth-order valence-electron chi connectivity index (χ4n) is 5.51. The van der Waals surface area contributed by atoms with Crippen LogP contribution in [0.3, 0.4) is 0 Å². The predicted molar refractivity (Wildman–Crippen MR) is 144 cm³/mol. The van der Waals surface area contributed by atoms with Crippen molar-refractivity contribution in [3.63, 3.8) is 0 Å². The highest BCUT2D eigenvalue weighted by atomic mass is 16.5. The van der Waals surface area contributed by atoms with Gasteiger partial charge in [0.2, 0.25) is 0 Å². The molecule has 1 N–H and O–H groups in total. The summed E-state index contributed by atoms with van der Waals surface area (Å²) in [6, 6.07) is 19.8. The monoisotopic (exact) mass is 491 g/mol. The third-order valence-electron chi connectivity index (χ3n) is 7.43. The summed E-state index contributed by atoms with van der Waals surface area (Å²) in [5.41, 5.74) is 3.84. The van der Waals surface area contributed by atoms with Crippen molar-refractivity contribution in [2.45, 2.75) is 76.0 Å². The van der Waals surface area contributed by atoms with Gasteiger partial charge in [0.15, 0.2) is 0 Å². The number of hydrogen-bond donors (Lipinski definition) is 1. The summed E-state index contributed by atoms with van der Waals surface area (Å²) in [4.78, 5) is 13.3. The Hall–Kier alpha value is -2.47. The number of allylic oxidation sites excluding steroid dienone is 1. The highest BCUT2D eigenvalue weighted by Gasteiger charge is 2.40. The van der Waals surface area contributed by atoms with Crippen molar-refractivity contribution < 1.29 is 19.4 Å². The molecule has 2 aromatic rings. The summed E-state index contributed by atoms with van der Waals surface area (Å²) >= 11 is 0. The van der Waals surface area contributed by atoms with E-state index < -0.39 is 5.97 Å². The van der Waals surface area contributed by atoms with Crippen LogP contribution in [-0.2, 0) is 20.7 Å². The first-order valence-corrected chi connectivity index (χ1v) is 13.7. The lowest BCUT2D eigenvalue weighted by Crippen LogP contribution is -2.47. The van der Waals surface area contributed by atoms with E-state index in [1.165, 1.54) is 36.0 Å². The Labute approximate surface area is 216 Å². The third-order valence-corrected chi connectivity index (χ3v) is 7.43. The second-order valence-corrected chi connectivity index (χ2v) is 10.0. The van der Waals surface area contributed by atoms with Gasteiger partial charge in [-0.1, -0.05) is 73.2 Å². The summed E-state index contributed by atoms with van der Waals surface area (Å²) < 4.78 is 12.8. The minimum absolute atomic E-state index is 0.0809. The predicted octanol–water partition coefficient (Wildman–Crippen LogP) is 6.13. The lowest BCUT2D eigenvalue weighted by atomic mass is 10.0. The molecule has 1 saturated carbocycles. The zero-order valence-corrected chi connectivity index (χ0v) is 21.4. The van der Waals surface area contributed by atoms with Crippen LogP contribution in [0.4, 0.5) is 0 Å². The fourth-order valence-corrected chi connectivity index (χ4v) is 5.51. The number of aliphatic carboxylic acids is 1. The van der Waals surface area contributed by atoms with Crippen LogP contribution >= 0.6 is 0 Å². The number of ether oxygens (including phenoxy) is 2. The zero-order valence-electron chi connectivity index (χ0n) is 21.4. The van der Waals surface area contributed by atoms with Gasteiger partial charge < -0.3 is 14.6 Å². The highest BCUT2D eigenvalue weighted by Crippen LogP contribution is 2.31. The molecule has 36 heavy (non-hydrogen) atoms. The topological polar surface area (TPSA) is 59.0 Å². The number of rotatable bonds is 13. The summed E-state index contributed by atoms with van der Waals surface area (Å²) in [7, 11) is 0. The summed E-state index contributed by atoms with van der Waals surface area (Å²) in [5.74, 6) is -0.762. The Bertz CT molecular complexity index is 937. The minimum atomic E-state index is -0.762. The molecule has 0 aromatic heterocycles. The van der Waals surface area contributed by atoms with E-state index in [1.807, 2.05) is 18.2 Å². The quantitative estimate of drug-likeness (QED) is 0.270. The normalized spacial score (nSPS) is 22.8. The van der Waals surface area contributed by atoms with Crippen LogP contribution in [0, 0.1) is 0 Å². The van der Waals surface area contributed by atoms with Gasteiger partial charge in [0.05, 0.1) is 18.8 Å². The number of likely N-dealkylation sites (tertiary alicyclic amines) is 1. The molecular weight excluding hydrogens is 450 g/mol. The van der Waals surface area contributed by atoms with Gasteiger partial charge in [-0.25, -0.2) is 0 Å². The Morgan fingerprint density at radius 2 is 1.67 bits per heavy atom. The van der Waals surface area contributed by atoms with Gasteiger partial charge in [0.1, 0.15) is 0 Å². The van der Waals surface area contributed by atoms with E-state index >= 15 is 0 Å². The molecule has 1 aliphatic heterocycles. The van der Waals surface area contributed by atoms with Crippen LogP contribution in [0.5, 0.6) is 0 Å². The molecule has 3 atom stereocenters. The van der Waals surface area contributed by atoms with E-state index in [9.17, 15) is 4.79 Å². The molecule has 0 radical (unpaired) electrons. The minimum Gasteiger partial charge on any atom is -0.481 e. The van der Waals surface area contributed by atoms with Crippen LogP contribution in [0.1, 0.15) is 56.9 Å². The van der Waals surface area contributed by atoms with Gasteiger partial charge in [0.25, 0.3) is 0 Å². The van der Waals surface area contributed by atoms with Gasteiger partial charge in [-0.15, -0.1) is 0 Å². The molecule has 0 spiro atoms. The molecule has 2 aromatic carbocycles. The molecule has 0 unspecified atom stereocenters. The number of carbonyl (C=O) groups is 1. The number of aryl methyl sites for hydroxylation is 1. The van der Waals surface area contributed by atoms with Crippen molar-refractivity contribution in [2.75, 3.05) is 26.3 Å². The molecule has 5 heteroatoms. The molecular formula is C31H41NO4. The molecule has 1 heterocycles. The maximum absolute atomic E-state index is 10.7. The molecule has 194 valence electrons. The van der Waals surface area contributed by atoms with E-state index in [-0.39, 0.29) is 18.6 Å². The van der Waals surface area contributed by atoms with Crippen LogP contribution in [0.15, 0.2) is 66.7 Å². The van der Waals surface area contributed by atoms with Crippen LogP contribution in [-0.4, -0.2) is 60.5 Å².